The summed E-state index contributed by atoms with van der Waals surface area (Å²) in [6.45, 7) is 0. The van der Waals surface area contributed by atoms with Crippen LogP contribution >= 0.6 is 10.2 Å². The van der Waals surface area contributed by atoms with Crippen LogP contribution in [0.2, 0.25) is 0 Å². The van der Waals surface area contributed by atoms with E-state index in [0.717, 1.165) is 0 Å². The molecular weight excluding hydrogens is 322 g/mol. The van der Waals surface area contributed by atoms with E-state index in [-0.39, 0.29) is 5.91 Å². The Kier molecular flexibility index (Phi) is 7.40. The van der Waals surface area contributed by atoms with Gasteiger partial charge in [-0.3, -0.25) is 4.79 Å². The number of hydrazone groups is 1. The molecule has 0 heterocycles. The van der Waals surface area contributed by atoms with Gasteiger partial charge in [0.05, 0.1) is 11.8 Å². The van der Waals surface area contributed by atoms with Crippen LogP contribution in [-0.4, -0.2) is 17.2 Å². The fourth-order valence-electron chi connectivity index (χ4n) is 1.42. The summed E-state index contributed by atoms with van der Waals surface area (Å²) < 4.78 is 0. The number of halogens is 1. The normalized spacial score (nSPS) is 9.75. The molecule has 0 aliphatic heterocycles. The van der Waals surface area contributed by atoms with Gasteiger partial charge in [-0.1, -0.05) is 30.3 Å². The molecule has 0 spiro atoms. The first-order valence-corrected chi connectivity index (χ1v) is 6.94. The van der Waals surface area contributed by atoms with E-state index in [1.54, 1.807) is 42.5 Å². The van der Waals surface area contributed by atoms with Crippen LogP contribution in [0.5, 0.6) is 5.75 Å². The van der Waals surface area contributed by atoms with Crippen molar-refractivity contribution < 1.29 is 24.5 Å². The maximum atomic E-state index is 11.6. The van der Waals surface area contributed by atoms with E-state index in [0.29, 0.717) is 16.9 Å². The molecule has 1 amide bonds. The fourth-order valence-corrected chi connectivity index (χ4v) is 1.42. The molecule has 0 aliphatic rings. The number of amides is 1. The minimum atomic E-state index is -0.269. The molecule has 6 heteroatoms. The van der Waals surface area contributed by atoms with E-state index < -0.39 is 0 Å². The predicted octanol–water partition coefficient (Wildman–Crippen LogP) is 2.58. The zero-order chi connectivity index (χ0) is 14.8. The quantitative estimate of drug-likeness (QED) is 0.398. The molecule has 2 rings (SSSR count). The van der Waals surface area contributed by atoms with E-state index in [1.165, 1.54) is 6.21 Å². The standard InChI is InChI=1S/C14H12N2O2.ClH.Ni/c17-13-9-5-4-8-12(13)10-15-16-14(18)11-6-2-1-3-7-11;;/h1-10,17H,(H,16,18);1H;/q;;+1. The van der Waals surface area contributed by atoms with Gasteiger partial charge >= 0.3 is 24.8 Å². The number of nitrogens with one attached hydrogen (secondary N) is 1. The van der Waals surface area contributed by atoms with E-state index >= 15 is 0 Å². The van der Waals surface area contributed by atoms with Gasteiger partial charge in [-0.2, -0.15) is 5.10 Å². The molecule has 0 fully saturated rings. The van der Waals surface area contributed by atoms with Crippen LogP contribution in [0, 0.1) is 0 Å². The molecule has 0 saturated heterocycles. The molecule has 0 saturated carbocycles. The monoisotopic (exact) mass is 334 g/mol. The molecular formula is C14H13ClN2NiO2+. The second kappa shape index (κ2) is 9.13. The van der Waals surface area contributed by atoms with Crippen LogP contribution in [0.15, 0.2) is 59.7 Å². The first kappa shape index (κ1) is 16.2. The van der Waals surface area contributed by atoms with Gasteiger partial charge in [0.25, 0.3) is 11.7 Å². The van der Waals surface area contributed by atoms with E-state index in [9.17, 15) is 4.79 Å². The third-order valence-corrected chi connectivity index (χ3v) is 2.37. The molecule has 20 heavy (non-hydrogen) atoms. The summed E-state index contributed by atoms with van der Waals surface area (Å²) in [5.41, 5.74) is 3.63. The van der Waals surface area contributed by atoms with Crippen LogP contribution in [-0.2, 0) is 14.6 Å². The summed E-state index contributed by atoms with van der Waals surface area (Å²) in [4.78, 5) is 11.6. The molecule has 0 atom stereocenters. The summed E-state index contributed by atoms with van der Waals surface area (Å²) >= 11 is 3.35. The van der Waals surface area contributed by atoms with Crippen LogP contribution in [0.3, 0.4) is 0 Å². The van der Waals surface area contributed by atoms with Crippen LogP contribution in [0.1, 0.15) is 15.9 Å². The zero-order valence-corrected chi connectivity index (χ0v) is 12.1. The minimum absolute atomic E-state index is 0.269. The van der Waals surface area contributed by atoms with Crippen molar-refractivity contribution in [1.82, 2.24) is 5.43 Å². The van der Waals surface area contributed by atoms with Crippen molar-refractivity contribution >= 4 is 22.3 Å². The molecule has 0 aromatic heterocycles. The summed E-state index contributed by atoms with van der Waals surface area (Å²) in [6.07, 6.45) is 1.46. The van der Waals surface area contributed by atoms with Gasteiger partial charge in [0.2, 0.25) is 0 Å². The van der Waals surface area contributed by atoms with Gasteiger partial charge < -0.3 is 5.11 Å². The van der Waals surface area contributed by atoms with Gasteiger partial charge in [-0.25, -0.2) is 5.43 Å². The molecule has 0 aliphatic carbocycles. The summed E-state index contributed by atoms with van der Waals surface area (Å²) in [5, 5.41) is 11.5. The average Bonchev–Trinajstić information content (AvgIpc) is 2.52. The Morgan fingerprint density at radius 1 is 1.10 bits per heavy atom. The Morgan fingerprint density at radius 2 is 1.70 bits per heavy atom. The first-order chi connectivity index (χ1) is 9.77. The predicted molar refractivity (Wildman–Crippen MR) is 76.9 cm³/mol. The van der Waals surface area contributed by atoms with Gasteiger partial charge in [0.15, 0.2) is 0 Å². The zero-order valence-electron chi connectivity index (χ0n) is 10.3. The second-order valence-electron chi connectivity index (χ2n) is 3.65. The summed E-state index contributed by atoms with van der Waals surface area (Å²) in [5.74, 6) is 0.101. The van der Waals surface area contributed by atoms with Crippen molar-refractivity contribution in [2.75, 3.05) is 0 Å². The van der Waals surface area contributed by atoms with Crippen molar-refractivity contribution in [3.8, 4) is 5.75 Å². The average molecular weight is 335 g/mol. The summed E-state index contributed by atoms with van der Waals surface area (Å²) in [7, 11) is 4.26. The Balaban J connectivity index is 0.000000956. The Labute approximate surface area is 129 Å². The van der Waals surface area contributed by atoms with E-state index in [1.807, 2.05) is 12.1 Å². The molecule has 0 unspecified atom stereocenters. The maximum absolute atomic E-state index is 11.6. The van der Waals surface area contributed by atoms with Crippen molar-refractivity contribution in [3.05, 3.63) is 65.7 Å². The SMILES string of the molecule is O=C(NN=Cc1ccccc1[OH2+])c1ccccc1.[Cl][Ni]. The van der Waals surface area contributed by atoms with E-state index in [4.69, 9.17) is 5.11 Å². The van der Waals surface area contributed by atoms with Crippen molar-refractivity contribution in [2.45, 2.75) is 0 Å². The number of rotatable bonds is 3. The Morgan fingerprint density at radius 3 is 2.35 bits per heavy atom. The molecule has 107 valence electrons. The van der Waals surface area contributed by atoms with Crippen LogP contribution < -0.4 is 5.43 Å². The van der Waals surface area contributed by atoms with Crippen LogP contribution in [0.25, 0.3) is 0 Å². The van der Waals surface area contributed by atoms with Gasteiger partial charge in [0, 0.05) is 11.6 Å². The number of carbonyl (C=O) groups is 1. The summed E-state index contributed by atoms with van der Waals surface area (Å²) in [6, 6.07) is 15.9. The van der Waals surface area contributed by atoms with Gasteiger partial charge in [0.1, 0.15) is 0 Å². The number of hydrogen-bond donors (Lipinski definition) is 1. The van der Waals surface area contributed by atoms with Gasteiger partial charge in [-0.15, -0.1) is 0 Å². The molecule has 3 N–H and O–H groups in total. The molecule has 2 aromatic rings. The molecule has 4 nitrogen and oxygen atoms in total. The van der Waals surface area contributed by atoms with Crippen molar-refractivity contribution in [3.63, 3.8) is 0 Å². The van der Waals surface area contributed by atoms with Crippen molar-refractivity contribution in [2.24, 2.45) is 5.10 Å². The number of carbonyl (C=O) groups excluding carboxylic acids is 1. The number of para-hydroxylation sites is 1. The second-order valence-corrected chi connectivity index (χ2v) is 3.65. The number of hydrogen-bond acceptors (Lipinski definition) is 2. The van der Waals surface area contributed by atoms with Crippen LogP contribution in [0.4, 0.5) is 0 Å². The Hall–Kier alpha value is -1.84. The topological polar surface area (TPSA) is 64.4 Å². The van der Waals surface area contributed by atoms with Crippen molar-refractivity contribution in [1.29, 1.82) is 0 Å². The van der Waals surface area contributed by atoms with Gasteiger partial charge in [-0.05, 0) is 18.2 Å². The number of benzene rings is 2. The number of nitrogens with zero attached hydrogens (tertiary/aromatic N) is 1. The third kappa shape index (κ3) is 5.04. The molecule has 0 radical (unpaired) electrons. The fraction of sp³-hybridized carbons (Fsp3) is 0. The molecule has 0 bridgehead atoms. The third-order valence-electron chi connectivity index (χ3n) is 2.37. The van der Waals surface area contributed by atoms with E-state index in [2.05, 4.69) is 35.3 Å². The first-order valence-electron chi connectivity index (χ1n) is 5.58. The molecule has 2 aromatic carbocycles. The Bertz CT molecular complexity index is 576.